The molecule has 0 aromatic heterocycles. The van der Waals surface area contributed by atoms with Crippen LogP contribution < -0.4 is 0 Å². The molecule has 2 bridgehead atoms. The minimum Gasteiger partial charge on any atom is -0.390 e. The molecule has 4 fully saturated rings. The van der Waals surface area contributed by atoms with Gasteiger partial charge in [-0.3, -0.25) is 4.79 Å². The SMILES string of the molecule is CC1(O)C[C@@]23CCC(=O)CC2C[C@@H]1CC3. The van der Waals surface area contributed by atoms with E-state index in [1.807, 2.05) is 6.92 Å². The minimum atomic E-state index is -0.449. The van der Waals surface area contributed by atoms with Crippen molar-refractivity contribution < 1.29 is 9.90 Å². The number of Topliss-reactive ketones (excluding diaryl/α,β-unsaturated/α-hetero) is 1. The summed E-state index contributed by atoms with van der Waals surface area (Å²) >= 11 is 0. The molecule has 4 aliphatic carbocycles. The number of rotatable bonds is 0. The predicted molar refractivity (Wildman–Crippen MR) is 57.4 cm³/mol. The molecule has 2 unspecified atom stereocenters. The van der Waals surface area contributed by atoms with Crippen LogP contribution in [0.15, 0.2) is 0 Å². The minimum absolute atomic E-state index is 0.326. The second kappa shape index (κ2) is 2.85. The fourth-order valence-corrected chi connectivity index (χ4v) is 4.51. The topological polar surface area (TPSA) is 37.3 Å². The summed E-state index contributed by atoms with van der Waals surface area (Å²) in [7, 11) is 0. The maximum absolute atomic E-state index is 11.5. The second-order valence-corrected chi connectivity index (χ2v) is 6.31. The van der Waals surface area contributed by atoms with E-state index in [9.17, 15) is 9.90 Å². The van der Waals surface area contributed by atoms with Crippen LogP contribution in [-0.2, 0) is 4.79 Å². The maximum Gasteiger partial charge on any atom is 0.133 e. The standard InChI is InChI=1S/C13H20O2/c1-12(15)8-13-4-2-9(12)6-10(13)7-11(14)3-5-13/h9-10,15H,2-8H2,1H3/t9-,10?,12?,13+/m0/s1. The number of hydrogen-bond acceptors (Lipinski definition) is 2. The van der Waals surface area contributed by atoms with Crippen molar-refractivity contribution in [2.24, 2.45) is 17.3 Å². The van der Waals surface area contributed by atoms with Gasteiger partial charge in [0.15, 0.2) is 0 Å². The summed E-state index contributed by atoms with van der Waals surface area (Å²) < 4.78 is 0. The molecule has 0 heterocycles. The Labute approximate surface area is 91.1 Å². The van der Waals surface area contributed by atoms with Crippen LogP contribution in [0.5, 0.6) is 0 Å². The monoisotopic (exact) mass is 208 g/mol. The quantitative estimate of drug-likeness (QED) is 0.663. The average molecular weight is 208 g/mol. The molecule has 2 heteroatoms. The molecule has 0 amide bonds. The van der Waals surface area contributed by atoms with Gasteiger partial charge in [0.1, 0.15) is 5.78 Å². The first kappa shape index (κ1) is 9.83. The Hall–Kier alpha value is -0.370. The third kappa shape index (κ3) is 1.30. The highest BCUT2D eigenvalue weighted by molar-refractivity contribution is 5.79. The van der Waals surface area contributed by atoms with Crippen molar-refractivity contribution in [2.45, 2.75) is 57.5 Å². The fourth-order valence-electron chi connectivity index (χ4n) is 4.51. The number of ketones is 1. The summed E-state index contributed by atoms with van der Waals surface area (Å²) in [6, 6.07) is 0. The Morgan fingerprint density at radius 2 is 2.13 bits per heavy atom. The van der Waals surface area contributed by atoms with Gasteiger partial charge in [-0.25, -0.2) is 0 Å². The summed E-state index contributed by atoms with van der Waals surface area (Å²) in [5, 5.41) is 10.4. The number of hydrogen-bond donors (Lipinski definition) is 1. The van der Waals surface area contributed by atoms with Gasteiger partial charge in [0.25, 0.3) is 0 Å². The van der Waals surface area contributed by atoms with E-state index in [0.717, 1.165) is 32.1 Å². The van der Waals surface area contributed by atoms with Crippen LogP contribution in [0.4, 0.5) is 0 Å². The van der Waals surface area contributed by atoms with E-state index in [1.165, 1.54) is 12.8 Å². The number of carbonyl (C=O) groups is 1. The molecule has 0 saturated heterocycles. The Kier molecular flexibility index (Phi) is 1.87. The van der Waals surface area contributed by atoms with E-state index < -0.39 is 5.60 Å². The summed E-state index contributed by atoms with van der Waals surface area (Å²) in [5.74, 6) is 1.51. The van der Waals surface area contributed by atoms with Crippen LogP contribution in [0.25, 0.3) is 0 Å². The normalized spacial score (nSPS) is 54.1. The second-order valence-electron chi connectivity index (χ2n) is 6.31. The maximum atomic E-state index is 11.5. The van der Waals surface area contributed by atoms with Gasteiger partial charge in [-0.05, 0) is 56.3 Å². The van der Waals surface area contributed by atoms with Crippen LogP contribution in [0.1, 0.15) is 51.9 Å². The predicted octanol–water partition coefficient (Wildman–Crippen LogP) is 2.30. The van der Waals surface area contributed by atoms with E-state index in [-0.39, 0.29) is 0 Å². The van der Waals surface area contributed by atoms with Crippen LogP contribution in [-0.4, -0.2) is 16.5 Å². The summed E-state index contributed by atoms with van der Waals surface area (Å²) in [6.45, 7) is 2.01. The van der Waals surface area contributed by atoms with Gasteiger partial charge in [-0.15, -0.1) is 0 Å². The molecule has 2 nitrogen and oxygen atoms in total. The molecular weight excluding hydrogens is 188 g/mol. The third-order valence-corrected chi connectivity index (χ3v) is 5.39. The highest BCUT2D eigenvalue weighted by atomic mass is 16.3. The van der Waals surface area contributed by atoms with Crippen LogP contribution in [0.2, 0.25) is 0 Å². The lowest BCUT2D eigenvalue weighted by atomic mass is 9.46. The molecule has 0 aromatic rings. The zero-order chi connectivity index (χ0) is 10.7. The molecular formula is C13H20O2. The average Bonchev–Trinajstić information content (AvgIpc) is 2.16. The van der Waals surface area contributed by atoms with E-state index in [1.54, 1.807) is 0 Å². The molecule has 4 aliphatic rings. The van der Waals surface area contributed by atoms with E-state index in [0.29, 0.717) is 23.0 Å². The Morgan fingerprint density at radius 3 is 2.87 bits per heavy atom. The smallest absolute Gasteiger partial charge is 0.133 e. The highest BCUT2D eigenvalue weighted by Crippen LogP contribution is 2.62. The zero-order valence-electron chi connectivity index (χ0n) is 9.46. The molecule has 0 aliphatic heterocycles. The highest BCUT2D eigenvalue weighted by Gasteiger charge is 2.57. The van der Waals surface area contributed by atoms with Gasteiger partial charge in [-0.1, -0.05) is 0 Å². The van der Waals surface area contributed by atoms with E-state index in [4.69, 9.17) is 0 Å². The zero-order valence-corrected chi connectivity index (χ0v) is 9.46. The Bertz CT molecular complexity index is 308. The molecule has 0 radical (unpaired) electrons. The third-order valence-electron chi connectivity index (χ3n) is 5.39. The van der Waals surface area contributed by atoms with Crippen LogP contribution >= 0.6 is 0 Å². The van der Waals surface area contributed by atoms with Crippen molar-refractivity contribution in [3.05, 3.63) is 0 Å². The van der Waals surface area contributed by atoms with E-state index >= 15 is 0 Å². The van der Waals surface area contributed by atoms with Crippen LogP contribution in [0.3, 0.4) is 0 Å². The van der Waals surface area contributed by atoms with Crippen molar-refractivity contribution in [1.29, 1.82) is 0 Å². The van der Waals surface area contributed by atoms with Crippen molar-refractivity contribution in [2.75, 3.05) is 0 Å². The molecule has 15 heavy (non-hydrogen) atoms. The first-order chi connectivity index (χ1) is 7.02. The van der Waals surface area contributed by atoms with Crippen molar-refractivity contribution in [3.63, 3.8) is 0 Å². The van der Waals surface area contributed by atoms with Crippen molar-refractivity contribution in [3.8, 4) is 0 Å². The number of fused-ring (bicyclic) bond motifs is 2. The molecule has 1 N–H and O–H groups in total. The fraction of sp³-hybridized carbons (Fsp3) is 0.923. The lowest BCUT2D eigenvalue weighted by Gasteiger charge is -2.60. The number of carbonyl (C=O) groups excluding carboxylic acids is 1. The van der Waals surface area contributed by atoms with Crippen molar-refractivity contribution in [1.82, 2.24) is 0 Å². The molecule has 4 rings (SSSR count). The summed E-state index contributed by atoms with van der Waals surface area (Å²) in [6.07, 6.45) is 7.08. The van der Waals surface area contributed by atoms with Crippen LogP contribution in [0, 0.1) is 17.3 Å². The molecule has 84 valence electrons. The molecule has 0 aromatic carbocycles. The van der Waals surface area contributed by atoms with Gasteiger partial charge >= 0.3 is 0 Å². The Balaban J connectivity index is 1.92. The molecule has 1 spiro atoms. The van der Waals surface area contributed by atoms with E-state index in [2.05, 4.69) is 0 Å². The van der Waals surface area contributed by atoms with Crippen molar-refractivity contribution >= 4 is 5.78 Å². The largest absolute Gasteiger partial charge is 0.390 e. The lowest BCUT2D eigenvalue weighted by Crippen LogP contribution is -2.56. The lowest BCUT2D eigenvalue weighted by molar-refractivity contribution is -0.169. The summed E-state index contributed by atoms with van der Waals surface area (Å²) in [4.78, 5) is 11.5. The molecule has 4 saturated carbocycles. The summed E-state index contributed by atoms with van der Waals surface area (Å²) in [5.41, 5.74) is -0.124. The number of aliphatic hydroxyl groups is 1. The van der Waals surface area contributed by atoms with Gasteiger partial charge in [0, 0.05) is 12.8 Å². The first-order valence-electron chi connectivity index (χ1n) is 6.26. The molecule has 4 atom stereocenters. The van der Waals surface area contributed by atoms with Gasteiger partial charge in [0.05, 0.1) is 5.60 Å². The first-order valence-corrected chi connectivity index (χ1v) is 6.26. The Morgan fingerprint density at radius 1 is 1.33 bits per heavy atom. The van der Waals surface area contributed by atoms with Gasteiger partial charge < -0.3 is 5.11 Å². The van der Waals surface area contributed by atoms with Gasteiger partial charge in [-0.2, -0.15) is 0 Å². The van der Waals surface area contributed by atoms with Gasteiger partial charge in [0.2, 0.25) is 0 Å².